The second kappa shape index (κ2) is 10.4. The van der Waals surface area contributed by atoms with Crippen LogP contribution in [0, 0.1) is 5.92 Å². The van der Waals surface area contributed by atoms with Gasteiger partial charge in [-0.3, -0.25) is 4.57 Å². The van der Waals surface area contributed by atoms with Crippen LogP contribution in [0.25, 0.3) is 12.3 Å². The van der Waals surface area contributed by atoms with Gasteiger partial charge in [-0.15, -0.1) is 0 Å². The largest absolute Gasteiger partial charge is 0.404 e. The Labute approximate surface area is 168 Å². The molecule has 1 aliphatic rings. The molecule has 1 aliphatic heterocycles. The number of nitrogens with one attached hydrogen (secondary N) is 1. The highest BCUT2D eigenvalue weighted by Crippen LogP contribution is 2.22. The van der Waals surface area contributed by atoms with Crippen LogP contribution in [0.1, 0.15) is 64.9 Å². The van der Waals surface area contributed by atoms with Gasteiger partial charge in [-0.1, -0.05) is 33.4 Å². The molecule has 0 amide bonds. The molecule has 1 aromatic rings. The lowest BCUT2D eigenvalue weighted by atomic mass is 9.91. The molecule has 1 aromatic heterocycles. The van der Waals surface area contributed by atoms with Crippen LogP contribution < -0.4 is 21.6 Å². The normalized spacial score (nSPS) is 18.4. The van der Waals surface area contributed by atoms with E-state index in [2.05, 4.69) is 36.8 Å². The maximum atomic E-state index is 14.8. The predicted molar refractivity (Wildman–Crippen MR) is 118 cm³/mol. The van der Waals surface area contributed by atoms with Crippen molar-refractivity contribution in [1.82, 2.24) is 9.88 Å². The zero-order chi connectivity index (χ0) is 20.7. The predicted octanol–water partition coefficient (Wildman–Crippen LogP) is 3.52. The highest BCUT2D eigenvalue weighted by molar-refractivity contribution is 5.99. The topological polar surface area (TPSA) is 55.3 Å². The average molecular weight is 387 g/mol. The Hall–Kier alpha value is -2.14. The van der Waals surface area contributed by atoms with Gasteiger partial charge >= 0.3 is 0 Å². The molecule has 5 heteroatoms. The maximum Gasteiger partial charge on any atom is 0.173 e. The number of allylic oxidation sites excluding steroid dienone is 3. The molecule has 2 rings (SSSR count). The minimum atomic E-state index is -0.357. The molecule has 1 fully saturated rings. The molecule has 2 heterocycles. The van der Waals surface area contributed by atoms with Crippen LogP contribution >= 0.6 is 0 Å². The summed E-state index contributed by atoms with van der Waals surface area (Å²) in [5, 5.41) is 5.32. The van der Waals surface area contributed by atoms with Gasteiger partial charge in [-0.05, 0) is 69.2 Å². The van der Waals surface area contributed by atoms with Gasteiger partial charge < -0.3 is 11.1 Å². The molecule has 0 radical (unpaired) electrons. The first-order valence-corrected chi connectivity index (χ1v) is 10.4. The van der Waals surface area contributed by atoms with E-state index in [1.165, 1.54) is 11.6 Å². The smallest absolute Gasteiger partial charge is 0.173 e. The van der Waals surface area contributed by atoms with Crippen LogP contribution in [-0.4, -0.2) is 23.5 Å². The molecule has 0 bridgehead atoms. The van der Waals surface area contributed by atoms with Crippen molar-refractivity contribution in [3.8, 4) is 0 Å². The van der Waals surface area contributed by atoms with Crippen molar-refractivity contribution in [2.75, 3.05) is 13.1 Å². The first-order valence-electron chi connectivity index (χ1n) is 10.4. The highest BCUT2D eigenvalue weighted by Gasteiger charge is 2.21. The van der Waals surface area contributed by atoms with Gasteiger partial charge in [0.25, 0.3) is 0 Å². The average Bonchev–Trinajstić information content (AvgIpc) is 3.08. The molecule has 1 saturated heterocycles. The Kier molecular flexibility index (Phi) is 8.24. The number of rotatable bonds is 6. The SMILES string of the molecule is C=C(CC)/N=C(\C(F)=C/C)n1cc(C2CCNCC2)c(=C/N)/c1=C\CC(C)C. The zero-order valence-electron chi connectivity index (χ0n) is 17.8. The third kappa shape index (κ3) is 5.22. The standard InChI is InChI=1S/C23H35FN4/c1-6-17(5)27-23(21(24)7-2)28-15-20(18-10-12-26-13-11-18)19(14-25)22(28)9-8-16(3)4/h7,9,14-16,18,26H,5-6,8,10-13,25H2,1-4H3/b19-14-,21-7+,22-9+,27-23+. The van der Waals surface area contributed by atoms with E-state index in [0.29, 0.717) is 24.0 Å². The number of piperidine rings is 1. The van der Waals surface area contributed by atoms with E-state index in [1.54, 1.807) is 13.1 Å². The molecule has 0 aliphatic carbocycles. The summed E-state index contributed by atoms with van der Waals surface area (Å²) < 4.78 is 16.7. The number of hydrogen-bond acceptors (Lipinski definition) is 3. The van der Waals surface area contributed by atoms with Gasteiger partial charge in [0.15, 0.2) is 11.7 Å². The number of nitrogens with two attached hydrogens (primary N) is 1. The van der Waals surface area contributed by atoms with Crippen LogP contribution in [0.2, 0.25) is 0 Å². The molecule has 28 heavy (non-hydrogen) atoms. The Morgan fingerprint density at radius 2 is 2.11 bits per heavy atom. The Morgan fingerprint density at radius 3 is 2.64 bits per heavy atom. The number of hydrogen-bond donors (Lipinski definition) is 2. The summed E-state index contributed by atoms with van der Waals surface area (Å²) in [6.45, 7) is 13.9. The minimum Gasteiger partial charge on any atom is -0.404 e. The molecule has 0 saturated carbocycles. The first kappa shape index (κ1) is 22.2. The van der Waals surface area contributed by atoms with Gasteiger partial charge in [0, 0.05) is 23.3 Å². The summed E-state index contributed by atoms with van der Waals surface area (Å²) in [6.07, 6.45) is 11.0. The third-order valence-corrected chi connectivity index (χ3v) is 5.21. The lowest BCUT2D eigenvalue weighted by Gasteiger charge is -2.22. The van der Waals surface area contributed by atoms with Crippen molar-refractivity contribution < 1.29 is 4.39 Å². The van der Waals surface area contributed by atoms with E-state index in [1.807, 2.05) is 17.7 Å². The molecular weight excluding hydrogens is 351 g/mol. The van der Waals surface area contributed by atoms with Crippen molar-refractivity contribution in [1.29, 1.82) is 0 Å². The summed E-state index contributed by atoms with van der Waals surface area (Å²) in [5.74, 6) is 0.832. The summed E-state index contributed by atoms with van der Waals surface area (Å²) in [5.41, 5.74) is 7.90. The first-order chi connectivity index (χ1) is 13.4. The van der Waals surface area contributed by atoms with Crippen molar-refractivity contribution in [3.05, 3.63) is 46.5 Å². The summed E-state index contributed by atoms with van der Waals surface area (Å²) in [6, 6.07) is 0. The van der Waals surface area contributed by atoms with E-state index in [-0.39, 0.29) is 11.7 Å². The summed E-state index contributed by atoms with van der Waals surface area (Å²) in [4.78, 5) is 4.51. The van der Waals surface area contributed by atoms with Gasteiger partial charge in [-0.2, -0.15) is 0 Å². The highest BCUT2D eigenvalue weighted by atomic mass is 19.1. The summed E-state index contributed by atoms with van der Waals surface area (Å²) >= 11 is 0. The molecule has 0 unspecified atom stereocenters. The van der Waals surface area contributed by atoms with Crippen LogP contribution in [-0.2, 0) is 0 Å². The Bertz CT molecular complexity index is 852. The van der Waals surface area contributed by atoms with E-state index in [0.717, 1.165) is 42.9 Å². The van der Waals surface area contributed by atoms with Crippen molar-refractivity contribution in [3.63, 3.8) is 0 Å². The molecule has 0 spiro atoms. The number of aromatic nitrogens is 1. The quantitative estimate of drug-likeness (QED) is 0.581. The van der Waals surface area contributed by atoms with Crippen LogP contribution in [0.4, 0.5) is 4.39 Å². The monoisotopic (exact) mass is 386 g/mol. The minimum absolute atomic E-state index is 0.285. The number of halogens is 1. The van der Waals surface area contributed by atoms with E-state index < -0.39 is 0 Å². The number of nitrogens with zero attached hydrogens (tertiary/aromatic N) is 2. The van der Waals surface area contributed by atoms with E-state index >= 15 is 0 Å². The summed E-state index contributed by atoms with van der Waals surface area (Å²) in [7, 11) is 0. The third-order valence-electron chi connectivity index (χ3n) is 5.21. The van der Waals surface area contributed by atoms with E-state index in [4.69, 9.17) is 5.73 Å². The molecule has 154 valence electrons. The second-order valence-corrected chi connectivity index (χ2v) is 7.77. The second-order valence-electron chi connectivity index (χ2n) is 7.77. The maximum absolute atomic E-state index is 14.8. The van der Waals surface area contributed by atoms with Crippen LogP contribution in [0.5, 0.6) is 0 Å². The molecular formula is C23H35FN4. The molecule has 0 atom stereocenters. The van der Waals surface area contributed by atoms with E-state index in [9.17, 15) is 4.39 Å². The lowest BCUT2D eigenvalue weighted by molar-refractivity contribution is 0.459. The fourth-order valence-electron chi connectivity index (χ4n) is 3.51. The van der Waals surface area contributed by atoms with Crippen LogP contribution in [0.3, 0.4) is 0 Å². The number of aliphatic imine (C=N–C) groups is 1. The van der Waals surface area contributed by atoms with Gasteiger partial charge in [0.05, 0.1) is 5.35 Å². The van der Waals surface area contributed by atoms with Gasteiger partial charge in [0.2, 0.25) is 0 Å². The van der Waals surface area contributed by atoms with Crippen molar-refractivity contribution >= 4 is 18.1 Å². The fraction of sp³-hybridized carbons (Fsp3) is 0.522. The molecule has 3 N–H and O–H groups in total. The molecule has 4 nitrogen and oxygen atoms in total. The molecule has 0 aromatic carbocycles. The Morgan fingerprint density at radius 1 is 1.43 bits per heavy atom. The lowest BCUT2D eigenvalue weighted by Crippen LogP contribution is -2.36. The van der Waals surface area contributed by atoms with Crippen LogP contribution in [0.15, 0.2) is 35.4 Å². The van der Waals surface area contributed by atoms with Gasteiger partial charge in [0.1, 0.15) is 0 Å². The zero-order valence-corrected chi connectivity index (χ0v) is 17.8. The fourth-order valence-corrected chi connectivity index (χ4v) is 3.51. The van der Waals surface area contributed by atoms with Crippen molar-refractivity contribution in [2.45, 2.75) is 59.3 Å². The van der Waals surface area contributed by atoms with Crippen molar-refractivity contribution in [2.24, 2.45) is 16.6 Å². The van der Waals surface area contributed by atoms with Gasteiger partial charge in [-0.25, -0.2) is 9.38 Å². The Balaban J connectivity index is 2.76.